The largest absolute Gasteiger partial charge is 0.372 e. The van der Waals surface area contributed by atoms with Crippen LogP contribution in [0.3, 0.4) is 0 Å². The molecule has 78 valence electrons. The van der Waals surface area contributed by atoms with Crippen LogP contribution in [-0.4, -0.2) is 20.2 Å². The van der Waals surface area contributed by atoms with Crippen LogP contribution < -0.4 is 5.32 Å². The van der Waals surface area contributed by atoms with Gasteiger partial charge in [-0.2, -0.15) is 0 Å². The molecule has 0 aromatic heterocycles. The smallest absolute Gasteiger partial charge is 0.0948 e. The molecule has 2 nitrogen and oxygen atoms in total. The van der Waals surface area contributed by atoms with Gasteiger partial charge in [0, 0.05) is 18.2 Å². The molecule has 0 aliphatic heterocycles. The van der Waals surface area contributed by atoms with Crippen LogP contribution in [0.5, 0.6) is 0 Å². The molecule has 1 aromatic rings. The number of rotatable bonds is 5. The highest BCUT2D eigenvalue weighted by atomic mass is 35.5. The Morgan fingerprint density at radius 2 is 2.00 bits per heavy atom. The maximum atomic E-state index is 5.81. The van der Waals surface area contributed by atoms with E-state index in [1.165, 1.54) is 0 Å². The van der Waals surface area contributed by atoms with E-state index >= 15 is 0 Å². The molecule has 0 radical (unpaired) electrons. The summed E-state index contributed by atoms with van der Waals surface area (Å²) in [6.45, 7) is 3.53. The van der Waals surface area contributed by atoms with E-state index in [2.05, 4.69) is 5.32 Å². The third kappa shape index (κ3) is 3.29. The molecule has 0 heterocycles. The zero-order valence-corrected chi connectivity index (χ0v) is 9.34. The van der Waals surface area contributed by atoms with Crippen LogP contribution in [0.25, 0.3) is 0 Å². The maximum Gasteiger partial charge on any atom is 0.0948 e. The summed E-state index contributed by atoms with van der Waals surface area (Å²) >= 11 is 5.81. The van der Waals surface area contributed by atoms with Crippen LogP contribution in [0.2, 0.25) is 5.02 Å². The minimum absolute atomic E-state index is 0.113. The van der Waals surface area contributed by atoms with E-state index in [0.29, 0.717) is 0 Å². The van der Waals surface area contributed by atoms with E-state index in [9.17, 15) is 0 Å². The fraction of sp³-hybridized carbons (Fsp3) is 0.455. The van der Waals surface area contributed by atoms with Gasteiger partial charge in [-0.15, -0.1) is 0 Å². The topological polar surface area (TPSA) is 21.3 Å². The molecule has 1 rings (SSSR count). The second-order valence-corrected chi connectivity index (χ2v) is 3.49. The molecule has 0 amide bonds. The van der Waals surface area contributed by atoms with Crippen LogP contribution in [0, 0.1) is 0 Å². The molecule has 0 saturated heterocycles. The molecule has 1 atom stereocenters. The summed E-state index contributed by atoms with van der Waals surface area (Å²) in [6, 6.07) is 7.77. The van der Waals surface area contributed by atoms with Crippen molar-refractivity contribution in [3.8, 4) is 0 Å². The van der Waals surface area contributed by atoms with Crippen molar-refractivity contribution in [2.45, 2.75) is 13.0 Å². The molecule has 0 bridgehead atoms. The second-order valence-electron chi connectivity index (χ2n) is 3.05. The minimum Gasteiger partial charge on any atom is -0.372 e. The monoisotopic (exact) mass is 213 g/mol. The van der Waals surface area contributed by atoms with Gasteiger partial charge in [-0.3, -0.25) is 0 Å². The third-order valence-electron chi connectivity index (χ3n) is 2.00. The lowest BCUT2D eigenvalue weighted by atomic mass is 10.1. The lowest BCUT2D eigenvalue weighted by Gasteiger charge is -2.16. The highest BCUT2D eigenvalue weighted by Gasteiger charge is 2.09. The second kappa shape index (κ2) is 6.02. The first kappa shape index (κ1) is 11.5. The van der Waals surface area contributed by atoms with E-state index in [1.54, 1.807) is 0 Å². The average Bonchev–Trinajstić information content (AvgIpc) is 2.19. The fourth-order valence-electron chi connectivity index (χ4n) is 1.34. The highest BCUT2D eigenvalue weighted by molar-refractivity contribution is 6.30. The van der Waals surface area contributed by atoms with E-state index in [-0.39, 0.29) is 6.10 Å². The molecule has 14 heavy (non-hydrogen) atoms. The first-order valence-corrected chi connectivity index (χ1v) is 5.17. The molecular weight excluding hydrogens is 198 g/mol. The van der Waals surface area contributed by atoms with Crippen LogP contribution in [-0.2, 0) is 4.74 Å². The first-order chi connectivity index (χ1) is 6.77. The Bertz CT molecular complexity index is 254. The average molecular weight is 214 g/mol. The number of ether oxygens (including phenoxy) is 1. The molecular formula is C11H16ClNO. The fourth-order valence-corrected chi connectivity index (χ4v) is 1.46. The third-order valence-corrected chi connectivity index (χ3v) is 2.25. The molecule has 1 aromatic carbocycles. The lowest BCUT2D eigenvalue weighted by molar-refractivity contribution is 0.0638. The van der Waals surface area contributed by atoms with Crippen LogP contribution >= 0.6 is 11.6 Å². The molecule has 3 heteroatoms. The molecule has 0 saturated carbocycles. The van der Waals surface area contributed by atoms with E-state index in [1.807, 2.05) is 38.2 Å². The summed E-state index contributed by atoms with van der Waals surface area (Å²) in [7, 11) is 1.92. The number of hydrogen-bond donors (Lipinski definition) is 1. The summed E-state index contributed by atoms with van der Waals surface area (Å²) in [5.74, 6) is 0. The summed E-state index contributed by atoms with van der Waals surface area (Å²) in [6.07, 6.45) is 0.113. The number of nitrogens with one attached hydrogen (secondary N) is 1. The van der Waals surface area contributed by atoms with Gasteiger partial charge in [0.25, 0.3) is 0 Å². The van der Waals surface area contributed by atoms with Gasteiger partial charge in [0.15, 0.2) is 0 Å². The van der Waals surface area contributed by atoms with Crippen molar-refractivity contribution >= 4 is 11.6 Å². The van der Waals surface area contributed by atoms with Crippen LogP contribution in [0.15, 0.2) is 24.3 Å². The Labute approximate surface area is 90.2 Å². The zero-order valence-electron chi connectivity index (χ0n) is 8.59. The van der Waals surface area contributed by atoms with Crippen LogP contribution in [0.1, 0.15) is 18.6 Å². The van der Waals surface area contributed by atoms with Gasteiger partial charge >= 0.3 is 0 Å². The Balaban J connectivity index is 2.71. The molecule has 0 spiro atoms. The molecule has 1 N–H and O–H groups in total. The van der Waals surface area contributed by atoms with Crippen molar-refractivity contribution < 1.29 is 4.74 Å². The van der Waals surface area contributed by atoms with Crippen molar-refractivity contribution in [1.29, 1.82) is 0 Å². The van der Waals surface area contributed by atoms with Crippen molar-refractivity contribution in [2.75, 3.05) is 20.2 Å². The number of hydrogen-bond acceptors (Lipinski definition) is 2. The Hall–Kier alpha value is -0.570. The summed E-state index contributed by atoms with van der Waals surface area (Å²) < 4.78 is 5.60. The Kier molecular flexibility index (Phi) is 4.94. The standard InChI is InChI=1S/C11H16ClNO/c1-3-14-11(8-13-2)9-4-6-10(12)7-5-9/h4-7,11,13H,3,8H2,1-2H3/t11-/m1/s1. The molecule has 0 aliphatic rings. The maximum absolute atomic E-state index is 5.81. The summed E-state index contributed by atoms with van der Waals surface area (Å²) in [4.78, 5) is 0. The zero-order chi connectivity index (χ0) is 10.4. The van der Waals surface area contributed by atoms with Crippen molar-refractivity contribution in [1.82, 2.24) is 5.32 Å². The summed E-state index contributed by atoms with van der Waals surface area (Å²) in [5.41, 5.74) is 1.16. The van der Waals surface area contributed by atoms with Gasteiger partial charge in [-0.25, -0.2) is 0 Å². The van der Waals surface area contributed by atoms with E-state index in [4.69, 9.17) is 16.3 Å². The normalized spacial score (nSPS) is 12.8. The van der Waals surface area contributed by atoms with Gasteiger partial charge in [0.2, 0.25) is 0 Å². The van der Waals surface area contributed by atoms with E-state index < -0.39 is 0 Å². The minimum atomic E-state index is 0.113. The van der Waals surface area contributed by atoms with Crippen molar-refractivity contribution in [2.24, 2.45) is 0 Å². The molecule has 0 unspecified atom stereocenters. The predicted molar refractivity (Wildman–Crippen MR) is 59.7 cm³/mol. The van der Waals surface area contributed by atoms with E-state index in [0.717, 1.165) is 23.7 Å². The van der Waals surface area contributed by atoms with Crippen LogP contribution in [0.4, 0.5) is 0 Å². The van der Waals surface area contributed by atoms with Gasteiger partial charge < -0.3 is 10.1 Å². The molecule has 0 fully saturated rings. The van der Waals surface area contributed by atoms with Gasteiger partial charge in [0.05, 0.1) is 6.10 Å². The quantitative estimate of drug-likeness (QED) is 0.812. The van der Waals surface area contributed by atoms with Crippen molar-refractivity contribution in [3.05, 3.63) is 34.9 Å². The SMILES string of the molecule is CCO[C@H](CNC)c1ccc(Cl)cc1. The van der Waals surface area contributed by atoms with Crippen molar-refractivity contribution in [3.63, 3.8) is 0 Å². The number of benzene rings is 1. The number of halogens is 1. The Morgan fingerprint density at radius 3 is 2.50 bits per heavy atom. The summed E-state index contributed by atoms with van der Waals surface area (Å²) in [5, 5.41) is 3.87. The van der Waals surface area contributed by atoms with Gasteiger partial charge in [-0.1, -0.05) is 23.7 Å². The Morgan fingerprint density at radius 1 is 1.36 bits per heavy atom. The molecule has 0 aliphatic carbocycles. The highest BCUT2D eigenvalue weighted by Crippen LogP contribution is 2.18. The first-order valence-electron chi connectivity index (χ1n) is 4.79. The lowest BCUT2D eigenvalue weighted by Crippen LogP contribution is -2.19. The van der Waals surface area contributed by atoms with Gasteiger partial charge in [0.1, 0.15) is 0 Å². The predicted octanol–water partition coefficient (Wildman–Crippen LogP) is 2.64. The van der Waals surface area contributed by atoms with Gasteiger partial charge in [-0.05, 0) is 31.7 Å². The number of likely N-dealkylation sites (N-methyl/N-ethyl adjacent to an activating group) is 1.